The highest BCUT2D eigenvalue weighted by Gasteiger charge is 2.40. The van der Waals surface area contributed by atoms with Gasteiger partial charge in [0.15, 0.2) is 5.78 Å². The number of benzene rings is 1. The summed E-state index contributed by atoms with van der Waals surface area (Å²) in [4.78, 5) is 14.9. The highest BCUT2D eigenvalue weighted by atomic mass is 35.5. The van der Waals surface area contributed by atoms with Crippen LogP contribution in [0.15, 0.2) is 18.2 Å². The van der Waals surface area contributed by atoms with Gasteiger partial charge in [-0.3, -0.25) is 9.69 Å². The smallest absolute Gasteiger partial charge is 0.157 e. The number of halogens is 2. The lowest BCUT2D eigenvalue weighted by Gasteiger charge is -2.41. The first-order valence-corrected chi connectivity index (χ1v) is 7.86. The van der Waals surface area contributed by atoms with Gasteiger partial charge in [-0.2, -0.15) is 0 Å². The van der Waals surface area contributed by atoms with Gasteiger partial charge in [0.1, 0.15) is 0 Å². The summed E-state index contributed by atoms with van der Waals surface area (Å²) in [5.41, 5.74) is 0.500. The second kappa shape index (κ2) is 6.46. The van der Waals surface area contributed by atoms with Crippen molar-refractivity contribution in [3.63, 3.8) is 0 Å². The predicted octanol–water partition coefficient (Wildman–Crippen LogP) is 4.37. The van der Waals surface area contributed by atoms with Crippen LogP contribution in [0.25, 0.3) is 0 Å². The molecule has 2 nitrogen and oxygen atoms in total. The lowest BCUT2D eigenvalue weighted by molar-refractivity contribution is -0.131. The number of carbonyl (C=O) groups is 1. The van der Waals surface area contributed by atoms with Crippen molar-refractivity contribution < 1.29 is 4.79 Å². The monoisotopic (exact) mass is 313 g/mol. The van der Waals surface area contributed by atoms with Crippen LogP contribution in [-0.2, 0) is 11.2 Å². The Bertz CT molecular complexity index is 493. The molecule has 0 unspecified atom stereocenters. The summed E-state index contributed by atoms with van der Waals surface area (Å²) in [6.45, 7) is 0. The number of Topliss-reactive ketones (excluding diaryl/α,β-unsaturated/α-hetero) is 1. The molecule has 0 heterocycles. The fourth-order valence-corrected chi connectivity index (χ4v) is 3.52. The standard InChI is InChI=1S/C16H21Cl2NO/c1-19(2)16(9-4-3-5-10-16)14(20)11-12-7-6-8-13(17)15(12)18/h6-8H,3-5,9-11H2,1-2H3. The van der Waals surface area contributed by atoms with Crippen LogP contribution in [0, 0.1) is 0 Å². The van der Waals surface area contributed by atoms with E-state index < -0.39 is 0 Å². The first-order chi connectivity index (χ1) is 9.47. The Labute approximate surface area is 131 Å². The molecular weight excluding hydrogens is 293 g/mol. The summed E-state index contributed by atoms with van der Waals surface area (Å²) in [6.07, 6.45) is 5.70. The third kappa shape index (κ3) is 3.03. The molecule has 2 rings (SSSR count). The van der Waals surface area contributed by atoms with Crippen molar-refractivity contribution in [3.8, 4) is 0 Å². The zero-order chi connectivity index (χ0) is 14.8. The number of rotatable bonds is 4. The molecule has 20 heavy (non-hydrogen) atoms. The summed E-state index contributed by atoms with van der Waals surface area (Å²) in [5.74, 6) is 0.256. The Kier molecular flexibility index (Phi) is 5.11. The van der Waals surface area contributed by atoms with Crippen molar-refractivity contribution in [2.24, 2.45) is 0 Å². The number of hydrogen-bond donors (Lipinski definition) is 0. The molecule has 1 fully saturated rings. The van der Waals surface area contributed by atoms with E-state index in [0.29, 0.717) is 16.5 Å². The molecule has 0 bridgehead atoms. The van der Waals surface area contributed by atoms with Crippen molar-refractivity contribution in [2.75, 3.05) is 14.1 Å². The molecule has 0 radical (unpaired) electrons. The predicted molar refractivity (Wildman–Crippen MR) is 84.7 cm³/mol. The third-order valence-corrected chi connectivity index (χ3v) is 5.30. The van der Waals surface area contributed by atoms with E-state index in [2.05, 4.69) is 4.90 Å². The molecule has 0 amide bonds. The van der Waals surface area contributed by atoms with Crippen molar-refractivity contribution in [1.29, 1.82) is 0 Å². The number of hydrogen-bond acceptors (Lipinski definition) is 2. The largest absolute Gasteiger partial charge is 0.297 e. The zero-order valence-electron chi connectivity index (χ0n) is 12.1. The van der Waals surface area contributed by atoms with Crippen LogP contribution in [0.1, 0.15) is 37.7 Å². The second-order valence-electron chi connectivity index (χ2n) is 5.80. The maximum Gasteiger partial charge on any atom is 0.157 e. The Morgan fingerprint density at radius 2 is 1.85 bits per heavy atom. The molecule has 0 atom stereocenters. The molecular formula is C16H21Cl2NO. The lowest BCUT2D eigenvalue weighted by atomic mass is 9.76. The minimum absolute atomic E-state index is 0.256. The summed E-state index contributed by atoms with van der Waals surface area (Å²) in [7, 11) is 4.01. The van der Waals surface area contributed by atoms with E-state index in [1.807, 2.05) is 26.2 Å². The highest BCUT2D eigenvalue weighted by molar-refractivity contribution is 6.42. The Hall–Kier alpha value is -0.570. The van der Waals surface area contributed by atoms with Crippen molar-refractivity contribution >= 4 is 29.0 Å². The van der Waals surface area contributed by atoms with Crippen LogP contribution in [0.3, 0.4) is 0 Å². The normalized spacial score (nSPS) is 18.2. The molecule has 0 N–H and O–H groups in total. The van der Waals surface area contributed by atoms with E-state index in [1.54, 1.807) is 6.07 Å². The van der Waals surface area contributed by atoms with Crippen molar-refractivity contribution in [3.05, 3.63) is 33.8 Å². The topological polar surface area (TPSA) is 20.3 Å². The van der Waals surface area contributed by atoms with E-state index in [0.717, 1.165) is 31.2 Å². The number of nitrogens with zero attached hydrogens (tertiary/aromatic N) is 1. The molecule has 0 saturated heterocycles. The minimum atomic E-state index is -0.329. The highest BCUT2D eigenvalue weighted by Crippen LogP contribution is 2.35. The quantitative estimate of drug-likeness (QED) is 0.822. The van der Waals surface area contributed by atoms with Gasteiger partial charge in [0.25, 0.3) is 0 Å². The average Bonchev–Trinajstić information content (AvgIpc) is 2.44. The van der Waals surface area contributed by atoms with Gasteiger partial charge in [0.05, 0.1) is 15.6 Å². The maximum atomic E-state index is 12.9. The van der Waals surface area contributed by atoms with Crippen LogP contribution in [0.2, 0.25) is 10.0 Å². The fraction of sp³-hybridized carbons (Fsp3) is 0.562. The summed E-state index contributed by atoms with van der Waals surface area (Å²) >= 11 is 12.2. The summed E-state index contributed by atoms with van der Waals surface area (Å²) in [5, 5.41) is 1.02. The fourth-order valence-electron chi connectivity index (χ4n) is 3.13. The Morgan fingerprint density at radius 1 is 1.20 bits per heavy atom. The molecule has 110 valence electrons. The summed E-state index contributed by atoms with van der Waals surface area (Å²) in [6, 6.07) is 5.48. The Morgan fingerprint density at radius 3 is 2.45 bits per heavy atom. The Balaban J connectivity index is 2.23. The first kappa shape index (κ1) is 15.8. The van der Waals surface area contributed by atoms with Gasteiger partial charge in [-0.05, 0) is 38.6 Å². The third-order valence-electron chi connectivity index (χ3n) is 4.44. The SMILES string of the molecule is CN(C)C1(C(=O)Cc2cccc(Cl)c2Cl)CCCCC1. The molecule has 0 aliphatic heterocycles. The van der Waals surface area contributed by atoms with E-state index in [-0.39, 0.29) is 11.3 Å². The van der Waals surface area contributed by atoms with Crippen molar-refractivity contribution in [1.82, 2.24) is 4.90 Å². The first-order valence-electron chi connectivity index (χ1n) is 7.11. The molecule has 1 aliphatic rings. The van der Waals surface area contributed by atoms with Gasteiger partial charge in [0, 0.05) is 6.42 Å². The molecule has 0 aromatic heterocycles. The number of ketones is 1. The van der Waals surface area contributed by atoms with Crippen LogP contribution in [-0.4, -0.2) is 30.3 Å². The van der Waals surface area contributed by atoms with Gasteiger partial charge in [0.2, 0.25) is 0 Å². The van der Waals surface area contributed by atoms with Gasteiger partial charge in [-0.1, -0.05) is 54.6 Å². The van der Waals surface area contributed by atoms with Gasteiger partial charge < -0.3 is 0 Å². The van der Waals surface area contributed by atoms with Crippen molar-refractivity contribution in [2.45, 2.75) is 44.1 Å². The molecule has 4 heteroatoms. The van der Waals surface area contributed by atoms with Crippen LogP contribution < -0.4 is 0 Å². The van der Waals surface area contributed by atoms with E-state index in [1.165, 1.54) is 6.42 Å². The van der Waals surface area contributed by atoms with E-state index >= 15 is 0 Å². The van der Waals surface area contributed by atoms with E-state index in [4.69, 9.17) is 23.2 Å². The van der Waals surface area contributed by atoms with Crippen LogP contribution >= 0.6 is 23.2 Å². The summed E-state index contributed by atoms with van der Waals surface area (Å²) < 4.78 is 0. The molecule has 1 aliphatic carbocycles. The van der Waals surface area contributed by atoms with Gasteiger partial charge in [-0.25, -0.2) is 0 Å². The molecule has 1 saturated carbocycles. The van der Waals surface area contributed by atoms with Crippen LogP contribution in [0.5, 0.6) is 0 Å². The average molecular weight is 314 g/mol. The lowest BCUT2D eigenvalue weighted by Crippen LogP contribution is -2.53. The molecule has 0 spiro atoms. The van der Waals surface area contributed by atoms with Crippen LogP contribution in [0.4, 0.5) is 0 Å². The maximum absolute atomic E-state index is 12.9. The second-order valence-corrected chi connectivity index (χ2v) is 6.58. The molecule has 1 aromatic carbocycles. The number of carbonyl (C=O) groups excluding carboxylic acids is 1. The molecule has 1 aromatic rings. The number of likely N-dealkylation sites (N-methyl/N-ethyl adjacent to an activating group) is 1. The van der Waals surface area contributed by atoms with Gasteiger partial charge in [-0.15, -0.1) is 0 Å². The minimum Gasteiger partial charge on any atom is -0.297 e. The van der Waals surface area contributed by atoms with Gasteiger partial charge >= 0.3 is 0 Å². The van der Waals surface area contributed by atoms with E-state index in [9.17, 15) is 4.79 Å². The zero-order valence-corrected chi connectivity index (χ0v) is 13.6.